The number of aliphatic carboxylic acids is 1. The first kappa shape index (κ1) is 9.32. The smallest absolute Gasteiger partial charge is 0.328 e. The van der Waals surface area contributed by atoms with Crippen molar-refractivity contribution in [2.24, 2.45) is 0 Å². The minimum atomic E-state index is -0.961. The second-order valence-electron chi connectivity index (χ2n) is 2.36. The SMILES string of the molecule is O=C(O)/C=C/COc1ccccc1. The second-order valence-corrected chi connectivity index (χ2v) is 2.36. The number of para-hydroxylation sites is 1. The third-order valence-electron chi connectivity index (χ3n) is 1.35. The Morgan fingerprint density at radius 1 is 1.38 bits per heavy atom. The molecule has 0 spiro atoms. The molecule has 1 aromatic carbocycles. The molecule has 0 aliphatic carbocycles. The lowest BCUT2D eigenvalue weighted by atomic mass is 10.3. The van der Waals surface area contributed by atoms with Crippen molar-refractivity contribution in [1.82, 2.24) is 0 Å². The molecule has 0 aliphatic rings. The Morgan fingerprint density at radius 2 is 2.08 bits per heavy atom. The van der Waals surface area contributed by atoms with E-state index < -0.39 is 5.97 Å². The lowest BCUT2D eigenvalue weighted by Crippen LogP contribution is -1.94. The Hall–Kier alpha value is -1.77. The predicted molar refractivity (Wildman–Crippen MR) is 48.7 cm³/mol. The molecule has 1 aromatic rings. The molecule has 0 aromatic heterocycles. The number of carboxylic acids is 1. The maximum atomic E-state index is 10.1. The molecule has 0 unspecified atom stereocenters. The summed E-state index contributed by atoms with van der Waals surface area (Å²) in [5.41, 5.74) is 0. The van der Waals surface area contributed by atoms with E-state index in [0.717, 1.165) is 11.8 Å². The highest BCUT2D eigenvalue weighted by Crippen LogP contribution is 2.07. The van der Waals surface area contributed by atoms with Gasteiger partial charge in [-0.2, -0.15) is 0 Å². The molecule has 0 aliphatic heterocycles. The zero-order valence-electron chi connectivity index (χ0n) is 7.01. The Labute approximate surface area is 76.3 Å². The molecule has 0 saturated carbocycles. The highest BCUT2D eigenvalue weighted by atomic mass is 16.5. The summed E-state index contributed by atoms with van der Waals surface area (Å²) in [7, 11) is 0. The van der Waals surface area contributed by atoms with E-state index in [4.69, 9.17) is 9.84 Å². The number of carbonyl (C=O) groups is 1. The molecule has 0 bridgehead atoms. The van der Waals surface area contributed by atoms with Gasteiger partial charge in [0.1, 0.15) is 12.4 Å². The minimum absolute atomic E-state index is 0.274. The third-order valence-corrected chi connectivity index (χ3v) is 1.35. The Kier molecular flexibility index (Phi) is 3.57. The zero-order valence-corrected chi connectivity index (χ0v) is 7.01. The number of rotatable bonds is 4. The van der Waals surface area contributed by atoms with E-state index in [0.29, 0.717) is 0 Å². The van der Waals surface area contributed by atoms with Gasteiger partial charge in [0.2, 0.25) is 0 Å². The van der Waals surface area contributed by atoms with E-state index in [1.807, 2.05) is 30.3 Å². The summed E-state index contributed by atoms with van der Waals surface area (Å²) in [6.45, 7) is 0.274. The predicted octanol–water partition coefficient (Wildman–Crippen LogP) is 1.71. The Bertz CT molecular complexity index is 290. The molecule has 3 nitrogen and oxygen atoms in total. The van der Waals surface area contributed by atoms with Crippen LogP contribution in [0.1, 0.15) is 0 Å². The van der Waals surface area contributed by atoms with Crippen molar-refractivity contribution in [2.75, 3.05) is 6.61 Å². The number of benzene rings is 1. The maximum Gasteiger partial charge on any atom is 0.328 e. The van der Waals surface area contributed by atoms with Gasteiger partial charge in [-0.3, -0.25) is 0 Å². The fraction of sp³-hybridized carbons (Fsp3) is 0.100. The lowest BCUT2D eigenvalue weighted by molar-refractivity contribution is -0.131. The Balaban J connectivity index is 2.32. The van der Waals surface area contributed by atoms with E-state index in [1.54, 1.807) is 0 Å². The van der Waals surface area contributed by atoms with Crippen molar-refractivity contribution < 1.29 is 14.6 Å². The highest BCUT2D eigenvalue weighted by Gasteiger charge is 1.88. The van der Waals surface area contributed by atoms with Crippen LogP contribution in [0.2, 0.25) is 0 Å². The van der Waals surface area contributed by atoms with Crippen molar-refractivity contribution in [3.63, 3.8) is 0 Å². The van der Waals surface area contributed by atoms with Gasteiger partial charge in [0.15, 0.2) is 0 Å². The molecular weight excluding hydrogens is 168 g/mol. The number of carboxylic acid groups (broad SMARTS) is 1. The molecular formula is C10H10O3. The molecule has 0 amide bonds. The van der Waals surface area contributed by atoms with Gasteiger partial charge < -0.3 is 9.84 Å². The van der Waals surface area contributed by atoms with Crippen LogP contribution >= 0.6 is 0 Å². The standard InChI is InChI=1S/C10H10O3/c11-10(12)7-4-8-13-9-5-2-1-3-6-9/h1-7H,8H2,(H,11,12)/b7-4+. The summed E-state index contributed by atoms with van der Waals surface area (Å²) in [5.74, 6) is -0.228. The average Bonchev–Trinajstić information content (AvgIpc) is 2.14. The van der Waals surface area contributed by atoms with Crippen molar-refractivity contribution >= 4 is 5.97 Å². The van der Waals surface area contributed by atoms with Crippen LogP contribution in [0.5, 0.6) is 5.75 Å². The average molecular weight is 178 g/mol. The zero-order chi connectivity index (χ0) is 9.52. The molecule has 68 valence electrons. The van der Waals surface area contributed by atoms with Crippen molar-refractivity contribution in [3.05, 3.63) is 42.5 Å². The first-order chi connectivity index (χ1) is 6.29. The molecule has 0 saturated heterocycles. The van der Waals surface area contributed by atoms with Gasteiger partial charge in [-0.25, -0.2) is 4.79 Å². The molecule has 0 heterocycles. The van der Waals surface area contributed by atoms with E-state index in [-0.39, 0.29) is 6.61 Å². The van der Waals surface area contributed by atoms with Gasteiger partial charge in [0.05, 0.1) is 0 Å². The summed E-state index contributed by atoms with van der Waals surface area (Å²) in [5, 5.41) is 8.27. The van der Waals surface area contributed by atoms with Gasteiger partial charge in [-0.05, 0) is 18.2 Å². The van der Waals surface area contributed by atoms with Crippen LogP contribution < -0.4 is 4.74 Å². The van der Waals surface area contributed by atoms with Crippen LogP contribution in [-0.4, -0.2) is 17.7 Å². The van der Waals surface area contributed by atoms with Crippen LogP contribution in [0.3, 0.4) is 0 Å². The van der Waals surface area contributed by atoms with Gasteiger partial charge >= 0.3 is 5.97 Å². The molecule has 0 radical (unpaired) electrons. The van der Waals surface area contributed by atoms with Gasteiger partial charge in [-0.15, -0.1) is 0 Å². The topological polar surface area (TPSA) is 46.5 Å². The molecule has 0 atom stereocenters. The third kappa shape index (κ3) is 3.96. The number of ether oxygens (including phenoxy) is 1. The molecule has 0 fully saturated rings. The van der Waals surface area contributed by atoms with E-state index in [2.05, 4.69) is 0 Å². The molecule has 1 rings (SSSR count). The van der Waals surface area contributed by atoms with Crippen molar-refractivity contribution in [2.45, 2.75) is 0 Å². The monoisotopic (exact) mass is 178 g/mol. The fourth-order valence-electron chi connectivity index (χ4n) is 0.810. The first-order valence-electron chi connectivity index (χ1n) is 3.86. The van der Waals surface area contributed by atoms with Crippen LogP contribution in [0.15, 0.2) is 42.5 Å². The normalized spacial score (nSPS) is 10.2. The van der Waals surface area contributed by atoms with Gasteiger partial charge in [0, 0.05) is 6.08 Å². The fourth-order valence-corrected chi connectivity index (χ4v) is 0.810. The van der Waals surface area contributed by atoms with Crippen molar-refractivity contribution in [3.8, 4) is 5.75 Å². The van der Waals surface area contributed by atoms with E-state index in [9.17, 15) is 4.79 Å². The van der Waals surface area contributed by atoms with Crippen molar-refractivity contribution in [1.29, 1.82) is 0 Å². The van der Waals surface area contributed by atoms with Crippen LogP contribution in [0.25, 0.3) is 0 Å². The van der Waals surface area contributed by atoms with E-state index in [1.165, 1.54) is 6.08 Å². The first-order valence-corrected chi connectivity index (χ1v) is 3.86. The quantitative estimate of drug-likeness (QED) is 0.714. The molecule has 1 N–H and O–H groups in total. The molecule has 3 heteroatoms. The summed E-state index contributed by atoms with van der Waals surface area (Å²) in [4.78, 5) is 10.1. The van der Waals surface area contributed by atoms with E-state index >= 15 is 0 Å². The van der Waals surface area contributed by atoms with Gasteiger partial charge in [0.25, 0.3) is 0 Å². The summed E-state index contributed by atoms with van der Waals surface area (Å²) in [6.07, 6.45) is 2.51. The van der Waals surface area contributed by atoms with Gasteiger partial charge in [-0.1, -0.05) is 18.2 Å². The highest BCUT2D eigenvalue weighted by molar-refractivity contribution is 5.79. The summed E-state index contributed by atoms with van der Waals surface area (Å²) in [6, 6.07) is 9.23. The second kappa shape index (κ2) is 4.98. The minimum Gasteiger partial charge on any atom is -0.490 e. The van der Waals surface area contributed by atoms with Crippen LogP contribution in [0, 0.1) is 0 Å². The number of hydrogen-bond acceptors (Lipinski definition) is 2. The maximum absolute atomic E-state index is 10.1. The van der Waals surface area contributed by atoms with Crippen LogP contribution in [-0.2, 0) is 4.79 Å². The number of hydrogen-bond donors (Lipinski definition) is 1. The summed E-state index contributed by atoms with van der Waals surface area (Å²) < 4.78 is 5.21. The molecule has 13 heavy (non-hydrogen) atoms. The lowest BCUT2D eigenvalue weighted by Gasteiger charge is -2.00. The van der Waals surface area contributed by atoms with Crippen LogP contribution in [0.4, 0.5) is 0 Å². The Morgan fingerprint density at radius 3 is 2.69 bits per heavy atom. The largest absolute Gasteiger partial charge is 0.490 e. The summed E-state index contributed by atoms with van der Waals surface area (Å²) >= 11 is 0.